The number of aliphatic hydroxyl groups excluding tert-OH is 6. The molecule has 1 heterocycles. The molecule has 11 heteroatoms. The molecular weight excluding hydrogens is 320 g/mol. The van der Waals surface area contributed by atoms with Gasteiger partial charge in [-0.15, -0.1) is 0 Å². The van der Waals surface area contributed by atoms with Gasteiger partial charge in [-0.25, -0.2) is 0 Å². The van der Waals surface area contributed by atoms with Gasteiger partial charge in [-0.2, -0.15) is 0 Å². The molecule has 1 saturated heterocycles. The molecule has 0 radical (unpaired) electrons. The van der Waals surface area contributed by atoms with Crippen LogP contribution >= 0.6 is 0 Å². The number of carbonyl (C=O) groups excluding carboxylic acids is 1. The van der Waals surface area contributed by atoms with Crippen LogP contribution in [0.15, 0.2) is 0 Å². The van der Waals surface area contributed by atoms with Crippen molar-refractivity contribution in [1.82, 2.24) is 0 Å². The summed E-state index contributed by atoms with van der Waals surface area (Å²) >= 11 is 0. The van der Waals surface area contributed by atoms with Crippen molar-refractivity contribution in [2.75, 3.05) is 13.1 Å². The highest BCUT2D eigenvalue weighted by Crippen LogP contribution is 2.24. The normalized spacial score (nSPS) is 40.8. The van der Waals surface area contributed by atoms with Gasteiger partial charge in [0.2, 0.25) is 0 Å². The molecule has 136 valence electrons. The molecule has 0 saturated carbocycles. The van der Waals surface area contributed by atoms with E-state index < -0.39 is 68.2 Å². The second kappa shape index (κ2) is 8.94. The molecule has 23 heavy (non-hydrogen) atoms. The van der Waals surface area contributed by atoms with Crippen LogP contribution in [0.5, 0.6) is 0 Å². The molecule has 0 aromatic heterocycles. The van der Waals surface area contributed by atoms with Gasteiger partial charge in [0.1, 0.15) is 48.8 Å². The lowest BCUT2D eigenvalue weighted by atomic mass is 9.98. The average molecular weight is 346 g/mol. The van der Waals surface area contributed by atoms with Crippen molar-refractivity contribution < 1.29 is 60.6 Å². The molecule has 0 aromatic rings. The molecule has 1 aliphatic heterocycles. The predicted molar refractivity (Wildman–Crippen MR) is 69.8 cm³/mol. The maximum atomic E-state index is 10.6. The van der Waals surface area contributed by atoms with E-state index in [4.69, 9.17) is 15.0 Å². The van der Waals surface area contributed by atoms with Crippen molar-refractivity contribution in [3.63, 3.8) is 0 Å². The Kier molecular flexibility index (Phi) is 5.67. The van der Waals surface area contributed by atoms with Gasteiger partial charge >= 0.3 is 0 Å². The summed E-state index contributed by atoms with van der Waals surface area (Å²) < 4.78 is 38.1. The van der Waals surface area contributed by atoms with Crippen LogP contribution in [-0.4, -0.2) is 115 Å². The lowest BCUT2D eigenvalue weighted by Gasteiger charge is -2.42. The van der Waals surface area contributed by atoms with E-state index in [1.54, 1.807) is 0 Å². The summed E-state index contributed by atoms with van der Waals surface area (Å²) in [5, 5.41) is 77.0. The third-order valence-corrected chi connectivity index (χ3v) is 3.26. The Balaban J connectivity index is 3.16. The van der Waals surface area contributed by atoms with Gasteiger partial charge in [-0.3, -0.25) is 0 Å². The molecule has 9 atom stereocenters. The van der Waals surface area contributed by atoms with Crippen LogP contribution in [0.25, 0.3) is 0 Å². The monoisotopic (exact) mass is 346 g/mol. The summed E-state index contributed by atoms with van der Waals surface area (Å²) in [4.78, 5) is 10.6. The highest BCUT2D eigenvalue weighted by atomic mass is 16.7. The number of hydrogen-bond donors (Lipinski definition) is 8. The maximum absolute atomic E-state index is 10.6. The fourth-order valence-electron chi connectivity index (χ4n) is 1.91. The highest BCUT2D eigenvalue weighted by molar-refractivity contribution is 5.56. The number of carbonyl (C=O) groups is 1. The zero-order chi connectivity index (χ0) is 21.3. The van der Waals surface area contributed by atoms with Crippen LogP contribution in [-0.2, 0) is 14.3 Å². The predicted octanol–water partition coefficient (Wildman–Crippen LogP) is -5.55. The quantitative estimate of drug-likeness (QED) is 0.195. The number of aliphatic hydroxyl groups is 8. The molecule has 0 aliphatic carbocycles. The molecule has 0 amide bonds. The fourth-order valence-corrected chi connectivity index (χ4v) is 1.91. The Labute approximate surface area is 136 Å². The average Bonchev–Trinajstić information content (AvgIpc) is 2.55. The van der Waals surface area contributed by atoms with Crippen molar-refractivity contribution >= 4 is 6.29 Å². The van der Waals surface area contributed by atoms with Gasteiger partial charge in [-0.05, 0) is 0 Å². The molecule has 0 spiro atoms. The Morgan fingerprint density at radius 1 is 1.13 bits per heavy atom. The largest absolute Gasteiger partial charge is 0.394 e. The zero-order valence-electron chi connectivity index (χ0n) is 15.6. The lowest BCUT2D eigenvalue weighted by molar-refractivity contribution is -0.326. The molecule has 0 bridgehead atoms. The second-order valence-electron chi connectivity index (χ2n) is 4.82. The van der Waals surface area contributed by atoms with Crippen LogP contribution in [0.4, 0.5) is 0 Å². The maximum Gasteiger partial charge on any atom is 0.187 e. The number of hydrogen-bond acceptors (Lipinski definition) is 11. The summed E-state index contributed by atoms with van der Waals surface area (Å²) in [6.07, 6.45) is -20.5. The molecule has 0 aromatic carbocycles. The minimum atomic E-state index is -3.43. The molecular formula is C12H22O11. The van der Waals surface area contributed by atoms with Crippen LogP contribution < -0.4 is 0 Å². The van der Waals surface area contributed by atoms with Crippen molar-refractivity contribution in [3.8, 4) is 0 Å². The summed E-state index contributed by atoms with van der Waals surface area (Å²) in [6.45, 7) is -6.68. The summed E-state index contributed by atoms with van der Waals surface area (Å²) in [6, 6.07) is 0. The molecule has 11 nitrogen and oxygen atoms in total. The molecule has 8 N–H and O–H groups in total. The van der Waals surface area contributed by atoms with E-state index in [0.717, 1.165) is 0 Å². The molecule has 1 aliphatic rings. The summed E-state index contributed by atoms with van der Waals surface area (Å²) in [5.74, 6) is 0. The number of ether oxygens (including phenoxy) is 2. The van der Waals surface area contributed by atoms with E-state index >= 15 is 0 Å². The Hall–Kier alpha value is -0.730. The first-order valence-electron chi connectivity index (χ1n) is 8.42. The topological polar surface area (TPSA) is 197 Å². The van der Waals surface area contributed by atoms with Crippen LogP contribution in [0, 0.1) is 0 Å². The Morgan fingerprint density at radius 2 is 1.74 bits per heavy atom. The van der Waals surface area contributed by atoms with Crippen molar-refractivity contribution in [2.24, 2.45) is 0 Å². The van der Waals surface area contributed by atoms with Crippen LogP contribution in [0.2, 0.25) is 0 Å². The van der Waals surface area contributed by atoms with Gasteiger partial charge in [0.25, 0.3) is 0 Å². The van der Waals surface area contributed by atoms with E-state index in [1.807, 2.05) is 0 Å². The molecule has 1 rings (SSSR count). The zero-order valence-corrected chi connectivity index (χ0v) is 11.6. The van der Waals surface area contributed by atoms with Crippen molar-refractivity contribution in [3.05, 3.63) is 0 Å². The van der Waals surface area contributed by atoms with Crippen LogP contribution in [0.3, 0.4) is 0 Å². The number of rotatable bonds is 8. The minimum Gasteiger partial charge on any atom is -0.394 e. The minimum absolute atomic E-state index is 0.202. The smallest absolute Gasteiger partial charge is 0.187 e. The van der Waals surface area contributed by atoms with Gasteiger partial charge in [-0.1, -0.05) is 0 Å². The first-order valence-corrected chi connectivity index (χ1v) is 6.42. The van der Waals surface area contributed by atoms with Gasteiger partial charge in [0, 0.05) is 0 Å². The summed E-state index contributed by atoms with van der Waals surface area (Å²) in [7, 11) is 0. The Bertz CT molecular complexity index is 499. The van der Waals surface area contributed by atoms with E-state index in [1.165, 1.54) is 0 Å². The standard InChI is InChI=1S/C12H22O11/c13-1-4(16)7(18)11(5(17)2-14)23-12-10(21)9(20)8(19)6(3-15)22-12/h1,4-12,14-21H,2-3H2/t4-,5+,6+,7+,8+,9-,10+,11+,12-/m0/s1/i2D2,3D2. The lowest BCUT2D eigenvalue weighted by Crippen LogP contribution is -2.61. The van der Waals surface area contributed by atoms with Gasteiger partial charge < -0.3 is 55.1 Å². The van der Waals surface area contributed by atoms with Gasteiger partial charge in [0.15, 0.2) is 12.6 Å². The van der Waals surface area contributed by atoms with Gasteiger partial charge in [0.05, 0.1) is 18.6 Å². The molecule has 0 unspecified atom stereocenters. The van der Waals surface area contributed by atoms with E-state index in [-0.39, 0.29) is 6.29 Å². The molecule has 1 fully saturated rings. The third-order valence-electron chi connectivity index (χ3n) is 3.26. The van der Waals surface area contributed by atoms with Crippen LogP contribution in [0.1, 0.15) is 5.48 Å². The number of aldehydes is 1. The van der Waals surface area contributed by atoms with Crippen molar-refractivity contribution in [2.45, 2.75) is 55.1 Å². The van der Waals surface area contributed by atoms with Crippen molar-refractivity contribution in [1.29, 1.82) is 0 Å². The SMILES string of the molecule is [2H]C([2H])(O)[C@@H](O)[C@@H](O[C@@H]1O[C@H](C([2H])([2H])O)[C@@H](O)[C@H](O)[C@H]1O)[C@H](O)[C@@H](O)C=O. The van der Waals surface area contributed by atoms with E-state index in [2.05, 4.69) is 0 Å². The third kappa shape index (κ3) is 4.64. The van der Waals surface area contributed by atoms with E-state index in [9.17, 15) is 45.6 Å². The summed E-state index contributed by atoms with van der Waals surface area (Å²) in [5.41, 5.74) is 0. The Morgan fingerprint density at radius 3 is 2.22 bits per heavy atom. The first kappa shape index (κ1) is 14.6. The first-order chi connectivity index (χ1) is 12.1. The highest BCUT2D eigenvalue weighted by Gasteiger charge is 2.46. The second-order valence-corrected chi connectivity index (χ2v) is 4.82. The fraction of sp³-hybridized carbons (Fsp3) is 0.917. The van der Waals surface area contributed by atoms with E-state index in [0.29, 0.717) is 0 Å².